The minimum atomic E-state index is -0.424. The van der Waals surface area contributed by atoms with Gasteiger partial charge < -0.3 is 16.0 Å². The van der Waals surface area contributed by atoms with E-state index in [0.29, 0.717) is 18.9 Å². The van der Waals surface area contributed by atoms with E-state index >= 15 is 0 Å². The normalized spacial score (nSPS) is 10.6. The van der Waals surface area contributed by atoms with E-state index in [4.69, 9.17) is 0 Å². The first kappa shape index (κ1) is 20.2. The third-order valence-electron chi connectivity index (χ3n) is 4.07. The van der Waals surface area contributed by atoms with Gasteiger partial charge in [-0.3, -0.25) is 24.0 Å². The number of rotatable bonds is 10. The fourth-order valence-corrected chi connectivity index (χ4v) is 2.45. The lowest BCUT2D eigenvalue weighted by Crippen LogP contribution is -2.38. The van der Waals surface area contributed by atoms with Crippen molar-refractivity contribution in [3.05, 3.63) is 61.3 Å². The smallest absolute Gasteiger partial charge is 0.332 e. The molecule has 0 spiro atoms. The molecule has 0 saturated heterocycles. The Hall–Kier alpha value is -3.14. The van der Waals surface area contributed by atoms with Crippen molar-refractivity contribution < 1.29 is 4.92 Å². The molecule has 1 aromatic carbocycles. The molecule has 0 bridgehead atoms. The zero-order valence-corrected chi connectivity index (χ0v) is 15.4. The number of nitrogens with one attached hydrogen (secondary N) is 3. The predicted molar refractivity (Wildman–Crippen MR) is 104 cm³/mol. The van der Waals surface area contributed by atoms with Gasteiger partial charge in [0, 0.05) is 57.6 Å². The summed E-state index contributed by atoms with van der Waals surface area (Å²) in [6, 6.07) is 7.70. The molecule has 0 fully saturated rings. The Morgan fingerprint density at radius 2 is 1.67 bits per heavy atom. The van der Waals surface area contributed by atoms with E-state index < -0.39 is 4.92 Å². The molecule has 1 aromatic heterocycles. The van der Waals surface area contributed by atoms with Gasteiger partial charge in [0.15, 0.2) is 0 Å². The summed E-state index contributed by atoms with van der Waals surface area (Å²) in [6.07, 6.45) is 0.876. The zero-order valence-electron chi connectivity index (χ0n) is 15.4. The monoisotopic (exact) mass is 376 g/mol. The molecular weight excluding hydrogens is 352 g/mol. The molecule has 0 amide bonds. The van der Waals surface area contributed by atoms with E-state index in [0.717, 1.165) is 29.8 Å². The molecule has 0 aliphatic rings. The van der Waals surface area contributed by atoms with Gasteiger partial charge in [0.05, 0.1) is 4.92 Å². The highest BCUT2D eigenvalue weighted by atomic mass is 16.6. The summed E-state index contributed by atoms with van der Waals surface area (Å²) in [7, 11) is 3.06. The zero-order chi connectivity index (χ0) is 19.8. The molecule has 0 saturated carbocycles. The van der Waals surface area contributed by atoms with Crippen LogP contribution in [0.25, 0.3) is 0 Å². The maximum absolute atomic E-state index is 11.8. The largest absolute Gasteiger partial charge is 0.385 e. The highest BCUT2D eigenvalue weighted by molar-refractivity contribution is 5.48. The van der Waals surface area contributed by atoms with Crippen LogP contribution in [-0.4, -0.2) is 40.2 Å². The SMILES string of the molecule is Cn1c(NCCNCCCNc2ccc([N+](=O)[O-])cc2)cc(=O)n(C)c1=O. The van der Waals surface area contributed by atoms with Crippen molar-refractivity contribution in [2.24, 2.45) is 14.1 Å². The van der Waals surface area contributed by atoms with Crippen molar-refractivity contribution in [1.82, 2.24) is 14.5 Å². The Bertz CT molecular complexity index is 888. The topological polar surface area (TPSA) is 123 Å². The lowest BCUT2D eigenvalue weighted by Gasteiger charge is -2.12. The maximum atomic E-state index is 11.8. The number of non-ortho nitro benzene ring substituents is 1. The Morgan fingerprint density at radius 3 is 2.33 bits per heavy atom. The van der Waals surface area contributed by atoms with Gasteiger partial charge >= 0.3 is 5.69 Å². The van der Waals surface area contributed by atoms with Crippen LogP contribution in [-0.2, 0) is 14.1 Å². The summed E-state index contributed by atoms with van der Waals surface area (Å²) >= 11 is 0. The molecule has 0 radical (unpaired) electrons. The minimum Gasteiger partial charge on any atom is -0.385 e. The highest BCUT2D eigenvalue weighted by Gasteiger charge is 2.05. The number of hydrogen-bond donors (Lipinski definition) is 3. The van der Waals surface area contributed by atoms with Gasteiger partial charge in [-0.15, -0.1) is 0 Å². The van der Waals surface area contributed by atoms with E-state index in [1.54, 1.807) is 19.2 Å². The first-order valence-electron chi connectivity index (χ1n) is 8.60. The quantitative estimate of drug-likeness (QED) is 0.313. The minimum absolute atomic E-state index is 0.0727. The van der Waals surface area contributed by atoms with Gasteiger partial charge in [0.2, 0.25) is 0 Å². The van der Waals surface area contributed by atoms with Gasteiger partial charge in [0.25, 0.3) is 11.2 Å². The molecule has 1 heterocycles. The van der Waals surface area contributed by atoms with Crippen molar-refractivity contribution in [3.63, 3.8) is 0 Å². The van der Waals surface area contributed by atoms with Crippen LogP contribution < -0.4 is 27.2 Å². The molecule has 0 atom stereocenters. The third kappa shape index (κ3) is 5.68. The third-order valence-corrected chi connectivity index (χ3v) is 4.07. The average molecular weight is 376 g/mol. The van der Waals surface area contributed by atoms with Crippen LogP contribution in [0.3, 0.4) is 0 Å². The summed E-state index contributed by atoms with van der Waals surface area (Å²) in [5.41, 5.74) is 0.207. The van der Waals surface area contributed by atoms with E-state index in [2.05, 4.69) is 16.0 Å². The summed E-state index contributed by atoms with van der Waals surface area (Å²) in [5, 5.41) is 20.1. The first-order valence-corrected chi connectivity index (χ1v) is 8.60. The molecule has 0 aliphatic heterocycles. The second-order valence-electron chi connectivity index (χ2n) is 6.03. The standard InChI is InChI=1S/C17H24N6O4/c1-21-15(12-16(24)22(2)17(21)25)20-11-10-18-8-3-9-19-13-4-6-14(7-5-13)23(26)27/h4-7,12,18-20H,3,8-11H2,1-2H3. The van der Waals surface area contributed by atoms with Crippen molar-refractivity contribution in [2.45, 2.75) is 6.42 Å². The van der Waals surface area contributed by atoms with Gasteiger partial charge in [-0.2, -0.15) is 0 Å². The number of aromatic nitrogens is 2. The fraction of sp³-hybridized carbons (Fsp3) is 0.412. The van der Waals surface area contributed by atoms with Crippen molar-refractivity contribution in [2.75, 3.05) is 36.8 Å². The number of benzene rings is 1. The number of nitro groups is 1. The second-order valence-corrected chi connectivity index (χ2v) is 6.03. The molecular formula is C17H24N6O4. The van der Waals surface area contributed by atoms with Crippen molar-refractivity contribution >= 4 is 17.2 Å². The van der Waals surface area contributed by atoms with Gasteiger partial charge in [-0.25, -0.2) is 4.79 Å². The Kier molecular flexibility index (Phi) is 7.12. The average Bonchev–Trinajstić information content (AvgIpc) is 2.66. The lowest BCUT2D eigenvalue weighted by atomic mass is 10.3. The van der Waals surface area contributed by atoms with E-state index in [-0.39, 0.29) is 16.9 Å². The number of hydrogen-bond acceptors (Lipinski definition) is 7. The molecule has 0 aliphatic carbocycles. The number of anilines is 2. The highest BCUT2D eigenvalue weighted by Crippen LogP contribution is 2.15. The molecule has 10 nitrogen and oxygen atoms in total. The van der Waals surface area contributed by atoms with Crippen LogP contribution in [0.2, 0.25) is 0 Å². The first-order chi connectivity index (χ1) is 12.9. The number of nitro benzene ring substituents is 1. The summed E-state index contributed by atoms with van der Waals surface area (Å²) in [4.78, 5) is 33.6. The van der Waals surface area contributed by atoms with Crippen LogP contribution in [0.4, 0.5) is 17.2 Å². The second kappa shape index (κ2) is 9.53. The van der Waals surface area contributed by atoms with Crippen LogP contribution in [0.5, 0.6) is 0 Å². The maximum Gasteiger partial charge on any atom is 0.332 e. The van der Waals surface area contributed by atoms with Crippen LogP contribution in [0.1, 0.15) is 6.42 Å². The summed E-state index contributed by atoms with van der Waals surface area (Å²) < 4.78 is 2.46. The summed E-state index contributed by atoms with van der Waals surface area (Å²) in [6.45, 7) is 2.79. The van der Waals surface area contributed by atoms with Gasteiger partial charge in [-0.05, 0) is 25.1 Å². The van der Waals surface area contributed by atoms with E-state index in [1.807, 2.05) is 0 Å². The van der Waals surface area contributed by atoms with E-state index in [1.165, 1.54) is 29.8 Å². The molecule has 27 heavy (non-hydrogen) atoms. The molecule has 146 valence electrons. The van der Waals surface area contributed by atoms with Crippen LogP contribution in [0.15, 0.2) is 39.9 Å². The Balaban J connectivity index is 1.62. The predicted octanol–water partition coefficient (Wildman–Crippen LogP) is 0.496. The van der Waals surface area contributed by atoms with Crippen LogP contribution >= 0.6 is 0 Å². The fourth-order valence-electron chi connectivity index (χ4n) is 2.45. The number of nitrogens with zero attached hydrogens (tertiary/aromatic N) is 3. The van der Waals surface area contributed by atoms with E-state index in [9.17, 15) is 19.7 Å². The van der Waals surface area contributed by atoms with Crippen molar-refractivity contribution in [1.29, 1.82) is 0 Å². The Morgan fingerprint density at radius 1 is 0.963 bits per heavy atom. The lowest BCUT2D eigenvalue weighted by molar-refractivity contribution is -0.384. The molecule has 0 unspecified atom stereocenters. The molecule has 3 N–H and O–H groups in total. The van der Waals surface area contributed by atoms with Gasteiger partial charge in [-0.1, -0.05) is 0 Å². The Labute approximate surface area is 156 Å². The molecule has 2 aromatic rings. The molecule has 2 rings (SSSR count). The molecule has 10 heteroatoms. The van der Waals surface area contributed by atoms with Crippen LogP contribution in [0, 0.1) is 10.1 Å². The van der Waals surface area contributed by atoms with Gasteiger partial charge in [0.1, 0.15) is 5.82 Å². The summed E-state index contributed by atoms with van der Waals surface area (Å²) in [5.74, 6) is 0.490. The van der Waals surface area contributed by atoms with Crippen molar-refractivity contribution in [3.8, 4) is 0 Å².